The van der Waals surface area contributed by atoms with Crippen molar-refractivity contribution in [1.29, 1.82) is 0 Å². The van der Waals surface area contributed by atoms with Crippen LogP contribution in [0.2, 0.25) is 5.02 Å². The lowest BCUT2D eigenvalue weighted by molar-refractivity contribution is 0.0732. The maximum absolute atomic E-state index is 12.8. The van der Waals surface area contributed by atoms with E-state index in [-0.39, 0.29) is 16.9 Å². The van der Waals surface area contributed by atoms with E-state index in [2.05, 4.69) is 92.0 Å². The van der Waals surface area contributed by atoms with Crippen LogP contribution in [0, 0.1) is 10.7 Å². The second-order valence-corrected chi connectivity index (χ2v) is 12.7. The topological polar surface area (TPSA) is 26.3 Å². The third kappa shape index (κ3) is 5.81. The van der Waals surface area contributed by atoms with Gasteiger partial charge in [0.05, 0.1) is 23.6 Å². The van der Waals surface area contributed by atoms with Gasteiger partial charge in [-0.05, 0) is 141 Å². The molecule has 0 amide bonds. The van der Waals surface area contributed by atoms with Gasteiger partial charge in [-0.3, -0.25) is 0 Å². The maximum atomic E-state index is 12.8. The summed E-state index contributed by atoms with van der Waals surface area (Å²) < 4.78 is 8.67. The van der Waals surface area contributed by atoms with Gasteiger partial charge in [0.1, 0.15) is 0 Å². The Balaban J connectivity index is 1.63. The summed E-state index contributed by atoms with van der Waals surface area (Å²) >= 11 is 12.8. The molecule has 32 heavy (non-hydrogen) atoms. The number of hydrogen-bond acceptors (Lipinski definition) is 2. The van der Waals surface area contributed by atoms with Gasteiger partial charge >= 0.3 is 5.97 Å². The summed E-state index contributed by atoms with van der Waals surface area (Å²) in [6.07, 6.45) is 0. The van der Waals surface area contributed by atoms with Crippen LogP contribution in [0.1, 0.15) is 10.4 Å². The van der Waals surface area contributed by atoms with Crippen molar-refractivity contribution in [3.8, 4) is 5.75 Å². The van der Waals surface area contributed by atoms with Gasteiger partial charge in [0.15, 0.2) is 20.4 Å². The van der Waals surface area contributed by atoms with Gasteiger partial charge in [-0.2, -0.15) is 0 Å². The Morgan fingerprint density at radius 2 is 1.22 bits per heavy atom. The number of ether oxygens (including phenoxy) is 1. The minimum atomic E-state index is -0.361. The van der Waals surface area contributed by atoms with E-state index >= 15 is 0 Å². The normalized spacial score (nSPS) is 11.8. The minimum Gasteiger partial charge on any atom is -0.421 e. The highest BCUT2D eigenvalue weighted by atomic mass is 127. The molecule has 0 aliphatic carbocycles. The summed E-state index contributed by atoms with van der Waals surface area (Å²) in [5, 5.41) is 0.711. The van der Waals surface area contributed by atoms with Crippen LogP contribution in [0.4, 0.5) is 0 Å². The molecule has 0 N–H and O–H groups in total. The van der Waals surface area contributed by atoms with Crippen molar-refractivity contribution < 1.29 is 9.53 Å². The molecule has 1 atom stereocenters. The Hall–Kier alpha value is -0.820. The molecule has 0 saturated carbocycles. The van der Waals surface area contributed by atoms with Crippen LogP contribution in [0.25, 0.3) is 0 Å². The quantitative estimate of drug-likeness (QED) is 0.0878. The molecule has 4 aromatic rings. The summed E-state index contributed by atoms with van der Waals surface area (Å²) in [5.74, 6) is 0.241. The van der Waals surface area contributed by atoms with Crippen LogP contribution in [0.3, 0.4) is 0 Å². The number of carbonyl (C=O) groups is 1. The number of carbonyl (C=O) groups excluding carboxylic acids is 1. The van der Waals surface area contributed by atoms with Gasteiger partial charge in [0, 0.05) is 8.59 Å². The first-order valence-corrected chi connectivity index (χ1v) is 14.3. The number of halogens is 4. The first kappa shape index (κ1) is 24.3. The Bertz CT molecular complexity index is 1220. The zero-order valence-electron chi connectivity index (χ0n) is 16.4. The highest BCUT2D eigenvalue weighted by Crippen LogP contribution is 2.33. The van der Waals surface area contributed by atoms with Crippen molar-refractivity contribution >= 4 is 96.2 Å². The van der Waals surface area contributed by atoms with Crippen LogP contribution in [-0.2, 0) is 10.9 Å². The highest BCUT2D eigenvalue weighted by Gasteiger charge is 2.28. The average molecular weight is 796 g/mol. The summed E-state index contributed by atoms with van der Waals surface area (Å²) in [6, 6.07) is 30.0. The molecule has 0 radical (unpaired) electrons. The number of rotatable bonds is 5. The second-order valence-electron chi connectivity index (χ2n) is 6.69. The van der Waals surface area contributed by atoms with Crippen molar-refractivity contribution in [2.75, 3.05) is 0 Å². The van der Waals surface area contributed by atoms with E-state index in [4.69, 9.17) is 16.3 Å². The maximum Gasteiger partial charge on any atom is 0.343 e. The Morgan fingerprint density at radius 3 is 1.78 bits per heavy atom. The van der Waals surface area contributed by atoms with Crippen molar-refractivity contribution in [1.82, 2.24) is 0 Å². The van der Waals surface area contributed by atoms with Gasteiger partial charge in [-0.1, -0.05) is 29.8 Å². The lowest BCUT2D eigenvalue weighted by atomic mass is 10.2. The second kappa shape index (κ2) is 11.1. The van der Waals surface area contributed by atoms with E-state index in [0.717, 1.165) is 15.6 Å². The van der Waals surface area contributed by atoms with Gasteiger partial charge in [0.25, 0.3) is 0 Å². The fourth-order valence-corrected chi connectivity index (χ4v) is 9.03. The Labute approximate surface area is 235 Å². The van der Waals surface area contributed by atoms with Crippen molar-refractivity contribution in [3.05, 3.63) is 112 Å². The molecule has 4 aromatic carbocycles. The molecule has 0 saturated heterocycles. The zero-order chi connectivity index (χ0) is 22.7. The fraction of sp³-hybridized carbons (Fsp3) is 0. The van der Waals surface area contributed by atoms with Crippen LogP contribution in [0.5, 0.6) is 5.75 Å². The lowest BCUT2D eigenvalue weighted by Crippen LogP contribution is -2.11. The molecule has 4 rings (SSSR count). The van der Waals surface area contributed by atoms with Gasteiger partial charge in [-0.15, -0.1) is 0 Å². The van der Waals surface area contributed by atoms with E-state index in [1.807, 2.05) is 66.7 Å². The Kier molecular flexibility index (Phi) is 8.41. The number of esters is 1. The molecule has 0 fully saturated rings. The minimum absolute atomic E-state index is 0.306. The largest absolute Gasteiger partial charge is 0.421 e. The molecule has 0 heterocycles. The predicted molar refractivity (Wildman–Crippen MR) is 156 cm³/mol. The number of benzene rings is 4. The van der Waals surface area contributed by atoms with Crippen molar-refractivity contribution in [2.45, 2.75) is 14.7 Å². The third-order valence-electron chi connectivity index (χ3n) is 4.51. The molecule has 0 aromatic heterocycles. The van der Waals surface area contributed by atoms with Crippen LogP contribution >= 0.6 is 79.4 Å². The van der Waals surface area contributed by atoms with Gasteiger partial charge in [0.2, 0.25) is 0 Å². The van der Waals surface area contributed by atoms with Gasteiger partial charge < -0.3 is 4.74 Å². The molecule has 0 aliphatic rings. The standard InChI is InChI=1S/C25H15ClI3O2S/c26-17-8-12-21(13-9-17)32(19-4-2-1-3-5-19)20-10-6-16(7-11-20)25(30)31-24-22(28)14-18(27)15-23(24)29/h1-15H/q+1. The molecule has 2 nitrogen and oxygen atoms in total. The molecule has 160 valence electrons. The zero-order valence-corrected chi connectivity index (χ0v) is 24.4. The molecule has 1 unspecified atom stereocenters. The fourth-order valence-electron chi connectivity index (χ4n) is 3.04. The first-order chi connectivity index (χ1) is 15.4. The van der Waals surface area contributed by atoms with Crippen molar-refractivity contribution in [3.63, 3.8) is 0 Å². The number of hydrogen-bond donors (Lipinski definition) is 0. The first-order valence-electron chi connectivity index (χ1n) is 9.44. The average Bonchev–Trinajstić information content (AvgIpc) is 2.79. The van der Waals surface area contributed by atoms with Gasteiger partial charge in [-0.25, -0.2) is 4.79 Å². The van der Waals surface area contributed by atoms with Crippen LogP contribution in [0.15, 0.2) is 106 Å². The lowest BCUT2D eigenvalue weighted by Gasteiger charge is -2.11. The molecular formula is C25H15ClI3O2S+. The molecular weight excluding hydrogens is 781 g/mol. The van der Waals surface area contributed by atoms with Crippen LogP contribution in [-0.4, -0.2) is 5.97 Å². The summed E-state index contributed by atoms with van der Waals surface area (Å²) in [5.41, 5.74) is 0.520. The molecule has 0 aliphatic heterocycles. The smallest absolute Gasteiger partial charge is 0.343 e. The van der Waals surface area contributed by atoms with E-state index in [1.54, 1.807) is 0 Å². The molecule has 7 heteroatoms. The highest BCUT2D eigenvalue weighted by molar-refractivity contribution is 14.1. The van der Waals surface area contributed by atoms with Crippen molar-refractivity contribution in [2.24, 2.45) is 0 Å². The monoisotopic (exact) mass is 795 g/mol. The van der Waals surface area contributed by atoms with E-state index in [1.165, 1.54) is 9.79 Å². The third-order valence-corrected chi connectivity index (χ3v) is 9.22. The van der Waals surface area contributed by atoms with E-state index in [9.17, 15) is 4.79 Å². The summed E-state index contributed by atoms with van der Waals surface area (Å²) in [7, 11) is -0.306. The summed E-state index contributed by atoms with van der Waals surface area (Å²) in [6.45, 7) is 0. The molecule has 0 spiro atoms. The summed E-state index contributed by atoms with van der Waals surface area (Å²) in [4.78, 5) is 16.3. The Morgan fingerprint density at radius 1 is 0.719 bits per heavy atom. The van der Waals surface area contributed by atoms with E-state index < -0.39 is 0 Å². The van der Waals surface area contributed by atoms with Crippen LogP contribution < -0.4 is 4.74 Å². The van der Waals surface area contributed by atoms with E-state index in [0.29, 0.717) is 16.3 Å². The predicted octanol–water partition coefficient (Wildman–Crippen LogP) is 8.47. The molecule has 0 bridgehead atoms. The SMILES string of the molecule is O=C(Oc1c(I)cc(I)cc1I)c1ccc([S+](c2ccccc2)c2ccc(Cl)cc2)cc1.